The zero-order chi connectivity index (χ0) is 14.1. The molecular formula is C12H24N4O3. The number of carbonyl (C=O) groups is 1. The fourth-order valence-electron chi connectivity index (χ4n) is 1.95. The molecular weight excluding hydrogens is 248 g/mol. The third-order valence-electron chi connectivity index (χ3n) is 3.30. The molecule has 1 amide bonds. The molecule has 110 valence electrons. The maximum atomic E-state index is 11.4. The predicted molar refractivity (Wildman–Crippen MR) is 72.1 cm³/mol. The minimum Gasteiger partial charge on any atom is -0.409 e. The third-order valence-corrected chi connectivity index (χ3v) is 3.30. The van der Waals surface area contributed by atoms with Gasteiger partial charge >= 0.3 is 0 Å². The van der Waals surface area contributed by atoms with E-state index in [-0.39, 0.29) is 17.2 Å². The summed E-state index contributed by atoms with van der Waals surface area (Å²) in [7, 11) is 1.60. The summed E-state index contributed by atoms with van der Waals surface area (Å²) in [5, 5.41) is 17.6. The minimum atomic E-state index is 0.0193. The Morgan fingerprint density at radius 3 is 2.79 bits per heavy atom. The molecule has 19 heavy (non-hydrogen) atoms. The average molecular weight is 272 g/mol. The van der Waals surface area contributed by atoms with Crippen LogP contribution in [0.1, 0.15) is 25.7 Å². The molecule has 1 aliphatic carbocycles. The molecule has 0 radical (unpaired) electrons. The van der Waals surface area contributed by atoms with Crippen molar-refractivity contribution in [3.63, 3.8) is 0 Å². The molecule has 0 bridgehead atoms. The van der Waals surface area contributed by atoms with Gasteiger partial charge < -0.3 is 26.3 Å². The largest absolute Gasteiger partial charge is 0.409 e. The van der Waals surface area contributed by atoms with Crippen LogP contribution in [-0.2, 0) is 9.53 Å². The molecule has 0 aliphatic heterocycles. The van der Waals surface area contributed by atoms with Crippen LogP contribution in [0.25, 0.3) is 0 Å². The summed E-state index contributed by atoms with van der Waals surface area (Å²) in [6.07, 6.45) is 3.21. The van der Waals surface area contributed by atoms with Gasteiger partial charge in [0.15, 0.2) is 0 Å². The van der Waals surface area contributed by atoms with Crippen LogP contribution in [0.2, 0.25) is 0 Å². The van der Waals surface area contributed by atoms with Gasteiger partial charge in [0.2, 0.25) is 5.91 Å². The fraction of sp³-hybridized carbons (Fsp3) is 0.833. The second-order valence-corrected chi connectivity index (χ2v) is 5.04. The lowest BCUT2D eigenvalue weighted by Crippen LogP contribution is -2.33. The summed E-state index contributed by atoms with van der Waals surface area (Å²) >= 11 is 0. The Morgan fingerprint density at radius 2 is 2.21 bits per heavy atom. The van der Waals surface area contributed by atoms with E-state index in [1.807, 2.05) is 0 Å². The second-order valence-electron chi connectivity index (χ2n) is 5.04. The van der Waals surface area contributed by atoms with Crippen LogP contribution in [0.3, 0.4) is 0 Å². The molecule has 0 aromatic rings. The van der Waals surface area contributed by atoms with Crippen molar-refractivity contribution in [3.8, 4) is 0 Å². The Balaban J connectivity index is 2.06. The number of amides is 1. The lowest BCUT2D eigenvalue weighted by atomic mass is 10.0. The first-order valence-electron chi connectivity index (χ1n) is 6.55. The molecule has 1 aliphatic rings. The van der Waals surface area contributed by atoms with Crippen LogP contribution in [0.4, 0.5) is 0 Å². The highest BCUT2D eigenvalue weighted by atomic mass is 16.5. The van der Waals surface area contributed by atoms with Crippen LogP contribution in [0.15, 0.2) is 5.16 Å². The van der Waals surface area contributed by atoms with Crippen molar-refractivity contribution in [3.05, 3.63) is 0 Å². The topological polar surface area (TPSA) is 109 Å². The van der Waals surface area contributed by atoms with Gasteiger partial charge in [-0.05, 0) is 18.3 Å². The van der Waals surface area contributed by atoms with Crippen LogP contribution in [-0.4, -0.2) is 50.3 Å². The number of ether oxygens (including phenoxy) is 1. The third kappa shape index (κ3) is 6.40. The molecule has 0 heterocycles. The van der Waals surface area contributed by atoms with Gasteiger partial charge in [-0.15, -0.1) is 0 Å². The van der Waals surface area contributed by atoms with Crippen molar-refractivity contribution >= 4 is 11.7 Å². The van der Waals surface area contributed by atoms with E-state index in [1.165, 1.54) is 0 Å². The van der Waals surface area contributed by atoms with Gasteiger partial charge in [-0.25, -0.2) is 0 Å². The maximum Gasteiger partial charge on any atom is 0.221 e. The number of methoxy groups -OCH3 is 1. The lowest BCUT2D eigenvalue weighted by molar-refractivity contribution is -0.121. The van der Waals surface area contributed by atoms with Gasteiger partial charge in [0, 0.05) is 39.6 Å². The number of amidine groups is 1. The van der Waals surface area contributed by atoms with Crippen LogP contribution < -0.4 is 16.4 Å². The summed E-state index contributed by atoms with van der Waals surface area (Å²) in [4.78, 5) is 11.4. The number of carbonyl (C=O) groups excluding carboxylic acids is 1. The molecule has 7 heteroatoms. The maximum absolute atomic E-state index is 11.4. The van der Waals surface area contributed by atoms with Gasteiger partial charge in [-0.1, -0.05) is 5.16 Å². The summed E-state index contributed by atoms with van der Waals surface area (Å²) in [6.45, 7) is 2.51. The number of nitrogens with two attached hydrogens (primary N) is 1. The quantitative estimate of drug-likeness (QED) is 0.143. The van der Waals surface area contributed by atoms with Crippen molar-refractivity contribution < 1.29 is 14.7 Å². The van der Waals surface area contributed by atoms with E-state index in [0.717, 1.165) is 19.4 Å². The number of nitrogens with one attached hydrogen (secondary N) is 2. The van der Waals surface area contributed by atoms with E-state index >= 15 is 0 Å². The molecule has 5 N–H and O–H groups in total. The van der Waals surface area contributed by atoms with E-state index in [9.17, 15) is 4.79 Å². The second kappa shape index (κ2) is 7.96. The van der Waals surface area contributed by atoms with Gasteiger partial charge in [0.05, 0.1) is 6.61 Å². The van der Waals surface area contributed by atoms with Gasteiger partial charge in [0.25, 0.3) is 0 Å². The Hall–Kier alpha value is -1.34. The normalized spacial score (nSPS) is 17.2. The summed E-state index contributed by atoms with van der Waals surface area (Å²) in [6, 6.07) is 0. The molecule has 0 spiro atoms. The smallest absolute Gasteiger partial charge is 0.221 e. The monoisotopic (exact) mass is 272 g/mol. The lowest BCUT2D eigenvalue weighted by Gasteiger charge is -2.14. The highest BCUT2D eigenvalue weighted by molar-refractivity contribution is 5.80. The highest BCUT2D eigenvalue weighted by Crippen LogP contribution is 2.48. The van der Waals surface area contributed by atoms with E-state index in [0.29, 0.717) is 32.5 Å². The van der Waals surface area contributed by atoms with Crippen molar-refractivity contribution in [2.75, 3.05) is 33.4 Å². The standard InChI is InChI=1S/C12H24N4O3/c1-19-7-6-15-11(17)2-5-14-9-12(3-4-12)8-10(13)16-18/h14,18H,2-9H2,1H3,(H2,13,16)(H,15,17). The van der Waals surface area contributed by atoms with Crippen molar-refractivity contribution in [1.82, 2.24) is 10.6 Å². The van der Waals surface area contributed by atoms with Crippen molar-refractivity contribution in [1.29, 1.82) is 0 Å². The molecule has 0 unspecified atom stereocenters. The summed E-state index contributed by atoms with van der Waals surface area (Å²) in [5.74, 6) is 0.294. The van der Waals surface area contributed by atoms with Crippen molar-refractivity contribution in [2.24, 2.45) is 16.3 Å². The zero-order valence-electron chi connectivity index (χ0n) is 11.4. The first-order valence-corrected chi connectivity index (χ1v) is 6.55. The predicted octanol–water partition coefficient (Wildman–Crippen LogP) is -0.355. The number of rotatable bonds is 10. The first kappa shape index (κ1) is 15.7. The average Bonchev–Trinajstić information content (AvgIpc) is 3.15. The molecule has 1 saturated carbocycles. The molecule has 0 aromatic carbocycles. The zero-order valence-corrected chi connectivity index (χ0v) is 11.4. The summed E-state index contributed by atoms with van der Waals surface area (Å²) < 4.78 is 4.84. The van der Waals surface area contributed by atoms with Gasteiger partial charge in [-0.2, -0.15) is 0 Å². The van der Waals surface area contributed by atoms with E-state index in [2.05, 4.69) is 15.8 Å². The molecule has 1 fully saturated rings. The van der Waals surface area contributed by atoms with Gasteiger partial charge in [0.1, 0.15) is 5.84 Å². The molecule has 0 aromatic heterocycles. The fourth-order valence-corrected chi connectivity index (χ4v) is 1.95. The van der Waals surface area contributed by atoms with Crippen LogP contribution >= 0.6 is 0 Å². The number of hydrogen-bond donors (Lipinski definition) is 4. The molecule has 0 atom stereocenters. The van der Waals surface area contributed by atoms with Crippen LogP contribution in [0.5, 0.6) is 0 Å². The first-order chi connectivity index (χ1) is 9.12. The van der Waals surface area contributed by atoms with Crippen molar-refractivity contribution in [2.45, 2.75) is 25.7 Å². The number of hydrogen-bond acceptors (Lipinski definition) is 5. The van der Waals surface area contributed by atoms with E-state index in [1.54, 1.807) is 7.11 Å². The number of oxime groups is 1. The SMILES string of the molecule is COCCNC(=O)CCNCC1(CC(N)=NO)CC1. The molecule has 1 rings (SSSR count). The van der Waals surface area contributed by atoms with Gasteiger partial charge in [-0.3, -0.25) is 4.79 Å². The minimum absolute atomic E-state index is 0.0193. The number of nitrogens with zero attached hydrogens (tertiary/aromatic N) is 1. The Labute approximate surface area is 113 Å². The van der Waals surface area contributed by atoms with Crippen LogP contribution in [0, 0.1) is 5.41 Å². The molecule has 0 saturated heterocycles. The highest BCUT2D eigenvalue weighted by Gasteiger charge is 2.42. The van der Waals surface area contributed by atoms with E-state index < -0.39 is 0 Å². The Bertz CT molecular complexity index is 316. The van der Waals surface area contributed by atoms with E-state index in [4.69, 9.17) is 15.7 Å². The Kier molecular flexibility index (Phi) is 6.58. The molecule has 7 nitrogen and oxygen atoms in total. The Morgan fingerprint density at radius 1 is 1.47 bits per heavy atom. The summed E-state index contributed by atoms with van der Waals surface area (Å²) in [5.41, 5.74) is 5.64.